The number of nitrogens with zero attached hydrogens (tertiary/aromatic N) is 3. The minimum absolute atomic E-state index is 0.0835. The standard InChI is InChI=1S/C23H23ClN4OS/c1-4-15-10-11-18(24)16(5-2)22(15)25-21(29)13-30-23-27-26-20-12-14(3)17-8-6-7-9-19(17)28(20)23/h6-12H,4-5,13H2,1-3H3,(H,25,29). The molecule has 0 spiro atoms. The van der Waals surface area contributed by atoms with Gasteiger partial charge in [-0.05, 0) is 54.7 Å². The van der Waals surface area contributed by atoms with E-state index in [9.17, 15) is 4.79 Å². The third-order valence-electron chi connectivity index (χ3n) is 5.25. The van der Waals surface area contributed by atoms with Crippen LogP contribution < -0.4 is 5.32 Å². The van der Waals surface area contributed by atoms with Crippen molar-refractivity contribution >= 4 is 51.5 Å². The van der Waals surface area contributed by atoms with Crippen molar-refractivity contribution in [3.63, 3.8) is 0 Å². The summed E-state index contributed by atoms with van der Waals surface area (Å²) >= 11 is 7.74. The highest BCUT2D eigenvalue weighted by Gasteiger charge is 2.16. The first-order valence-corrected chi connectivity index (χ1v) is 11.4. The van der Waals surface area contributed by atoms with Crippen molar-refractivity contribution in [2.45, 2.75) is 38.8 Å². The lowest BCUT2D eigenvalue weighted by Crippen LogP contribution is -2.17. The summed E-state index contributed by atoms with van der Waals surface area (Å²) in [5.41, 5.74) is 5.88. The number of fused-ring (bicyclic) bond motifs is 3. The number of halogens is 1. The van der Waals surface area contributed by atoms with Crippen LogP contribution in [0.25, 0.3) is 16.6 Å². The number of hydrogen-bond donors (Lipinski definition) is 1. The van der Waals surface area contributed by atoms with Gasteiger partial charge in [0.2, 0.25) is 5.91 Å². The van der Waals surface area contributed by atoms with Gasteiger partial charge >= 0.3 is 0 Å². The molecule has 30 heavy (non-hydrogen) atoms. The summed E-state index contributed by atoms with van der Waals surface area (Å²) < 4.78 is 2.01. The van der Waals surface area contributed by atoms with Gasteiger partial charge in [0.15, 0.2) is 10.8 Å². The number of aromatic nitrogens is 3. The Labute approximate surface area is 184 Å². The number of thioether (sulfide) groups is 1. The fraction of sp³-hybridized carbons (Fsp3) is 0.261. The zero-order chi connectivity index (χ0) is 21.3. The molecule has 154 valence electrons. The molecule has 1 N–H and O–H groups in total. The van der Waals surface area contributed by atoms with E-state index in [1.807, 2.05) is 41.7 Å². The summed E-state index contributed by atoms with van der Waals surface area (Å²) in [6, 6.07) is 14.1. The average Bonchev–Trinajstić information content (AvgIpc) is 3.16. The zero-order valence-corrected chi connectivity index (χ0v) is 18.8. The number of nitrogens with one attached hydrogen (secondary N) is 1. The smallest absolute Gasteiger partial charge is 0.234 e. The van der Waals surface area contributed by atoms with Crippen molar-refractivity contribution in [2.75, 3.05) is 11.1 Å². The van der Waals surface area contributed by atoms with Gasteiger partial charge in [0.25, 0.3) is 0 Å². The van der Waals surface area contributed by atoms with E-state index in [1.165, 1.54) is 11.8 Å². The maximum absolute atomic E-state index is 12.8. The predicted molar refractivity (Wildman–Crippen MR) is 125 cm³/mol. The SMILES string of the molecule is CCc1ccc(Cl)c(CC)c1NC(=O)CSc1nnc2cc(C)c3ccccc3n12. The molecule has 2 heterocycles. The molecular formula is C23H23ClN4OS. The van der Waals surface area contributed by atoms with Crippen molar-refractivity contribution in [1.82, 2.24) is 14.6 Å². The normalized spacial score (nSPS) is 11.3. The Morgan fingerprint density at radius 3 is 2.70 bits per heavy atom. The number of anilines is 1. The first-order valence-electron chi connectivity index (χ1n) is 9.99. The number of aryl methyl sites for hydroxylation is 2. The first kappa shape index (κ1) is 20.7. The Morgan fingerprint density at radius 1 is 1.13 bits per heavy atom. The van der Waals surface area contributed by atoms with Gasteiger partial charge in [-0.3, -0.25) is 9.20 Å². The lowest BCUT2D eigenvalue weighted by Gasteiger charge is -2.15. The molecule has 5 nitrogen and oxygen atoms in total. The van der Waals surface area contributed by atoms with Gasteiger partial charge in [-0.15, -0.1) is 10.2 Å². The minimum Gasteiger partial charge on any atom is -0.325 e. The van der Waals surface area contributed by atoms with Crippen LogP contribution in [0.5, 0.6) is 0 Å². The molecule has 7 heteroatoms. The fourth-order valence-corrected chi connectivity index (χ4v) is 4.78. The van der Waals surface area contributed by atoms with Crippen LogP contribution in [0.2, 0.25) is 5.02 Å². The van der Waals surface area contributed by atoms with Gasteiger partial charge in [0.1, 0.15) is 0 Å². The van der Waals surface area contributed by atoms with Crippen LogP contribution in [0.4, 0.5) is 5.69 Å². The molecule has 0 saturated heterocycles. The van der Waals surface area contributed by atoms with E-state index < -0.39 is 0 Å². The Hall–Kier alpha value is -2.57. The largest absolute Gasteiger partial charge is 0.325 e. The molecule has 0 aliphatic carbocycles. The van der Waals surface area contributed by atoms with Crippen molar-refractivity contribution in [2.24, 2.45) is 0 Å². The van der Waals surface area contributed by atoms with Gasteiger partial charge in [-0.25, -0.2) is 0 Å². The Kier molecular flexibility index (Phi) is 5.97. The van der Waals surface area contributed by atoms with Crippen molar-refractivity contribution in [3.8, 4) is 0 Å². The van der Waals surface area contributed by atoms with E-state index >= 15 is 0 Å². The lowest BCUT2D eigenvalue weighted by atomic mass is 10.0. The highest BCUT2D eigenvalue weighted by atomic mass is 35.5. The number of benzene rings is 2. The summed E-state index contributed by atoms with van der Waals surface area (Å²) in [5, 5.41) is 14.2. The summed E-state index contributed by atoms with van der Waals surface area (Å²) in [5.74, 6) is 0.154. The van der Waals surface area contributed by atoms with Crippen LogP contribution in [-0.4, -0.2) is 26.3 Å². The van der Waals surface area contributed by atoms with Gasteiger partial charge in [0, 0.05) is 16.1 Å². The zero-order valence-electron chi connectivity index (χ0n) is 17.2. The number of pyridine rings is 1. The molecule has 2 aromatic heterocycles. The van der Waals surface area contributed by atoms with Crippen LogP contribution in [0.1, 0.15) is 30.5 Å². The monoisotopic (exact) mass is 438 g/mol. The number of para-hydroxylation sites is 1. The van der Waals surface area contributed by atoms with Crippen LogP contribution >= 0.6 is 23.4 Å². The highest BCUT2D eigenvalue weighted by Crippen LogP contribution is 2.30. The second kappa shape index (κ2) is 8.66. The molecule has 1 amide bonds. The van der Waals surface area contributed by atoms with Crippen LogP contribution in [0.15, 0.2) is 47.6 Å². The van der Waals surface area contributed by atoms with E-state index in [0.29, 0.717) is 10.2 Å². The van der Waals surface area contributed by atoms with E-state index in [4.69, 9.17) is 11.6 Å². The maximum Gasteiger partial charge on any atom is 0.234 e. The number of hydrogen-bond acceptors (Lipinski definition) is 4. The first-order chi connectivity index (χ1) is 14.5. The summed E-state index contributed by atoms with van der Waals surface area (Å²) in [4.78, 5) is 12.8. The minimum atomic E-state index is -0.0835. The van der Waals surface area contributed by atoms with Gasteiger partial charge < -0.3 is 5.32 Å². The molecule has 0 radical (unpaired) electrons. The molecule has 0 bridgehead atoms. The molecule has 0 aliphatic rings. The maximum atomic E-state index is 12.8. The second-order valence-corrected chi connectivity index (χ2v) is 8.47. The Morgan fingerprint density at radius 2 is 1.93 bits per heavy atom. The summed E-state index contributed by atoms with van der Waals surface area (Å²) in [7, 11) is 0. The molecule has 2 aromatic carbocycles. The molecule has 4 aromatic rings. The second-order valence-electron chi connectivity index (χ2n) is 7.12. The Bertz CT molecular complexity index is 1250. The van der Waals surface area contributed by atoms with Crippen molar-refractivity contribution in [3.05, 3.63) is 64.2 Å². The molecule has 0 aliphatic heterocycles. The van der Waals surface area contributed by atoms with Crippen LogP contribution in [0, 0.1) is 6.92 Å². The predicted octanol–water partition coefficient (Wildman–Crippen LogP) is 5.70. The van der Waals surface area contributed by atoms with E-state index in [0.717, 1.165) is 51.8 Å². The highest BCUT2D eigenvalue weighted by molar-refractivity contribution is 7.99. The van der Waals surface area contributed by atoms with E-state index in [1.54, 1.807) is 0 Å². The van der Waals surface area contributed by atoms with Gasteiger partial charge in [-0.1, -0.05) is 61.5 Å². The van der Waals surface area contributed by atoms with Crippen molar-refractivity contribution < 1.29 is 4.79 Å². The molecule has 4 rings (SSSR count). The van der Waals surface area contributed by atoms with Crippen molar-refractivity contribution in [1.29, 1.82) is 0 Å². The molecular weight excluding hydrogens is 416 g/mol. The third kappa shape index (κ3) is 3.77. The summed E-state index contributed by atoms with van der Waals surface area (Å²) in [6.45, 7) is 6.18. The van der Waals surface area contributed by atoms with Crippen LogP contribution in [0.3, 0.4) is 0 Å². The third-order valence-corrected chi connectivity index (χ3v) is 6.53. The number of carbonyl (C=O) groups excluding carboxylic acids is 1. The molecule has 0 saturated carbocycles. The van der Waals surface area contributed by atoms with Gasteiger partial charge in [0.05, 0.1) is 11.3 Å². The molecule has 0 atom stereocenters. The quantitative estimate of drug-likeness (QED) is 0.392. The molecule has 0 fully saturated rings. The lowest BCUT2D eigenvalue weighted by molar-refractivity contribution is -0.113. The average molecular weight is 439 g/mol. The topological polar surface area (TPSA) is 59.3 Å². The number of rotatable bonds is 6. The number of carbonyl (C=O) groups is 1. The Balaban J connectivity index is 1.59. The summed E-state index contributed by atoms with van der Waals surface area (Å²) in [6.07, 6.45) is 1.59. The van der Waals surface area contributed by atoms with E-state index in [-0.39, 0.29) is 11.7 Å². The fourth-order valence-electron chi connectivity index (χ4n) is 3.74. The van der Waals surface area contributed by atoms with E-state index in [2.05, 4.69) is 41.5 Å². The number of amides is 1. The van der Waals surface area contributed by atoms with Gasteiger partial charge in [-0.2, -0.15) is 0 Å². The van der Waals surface area contributed by atoms with Crippen LogP contribution in [-0.2, 0) is 17.6 Å². The molecule has 0 unspecified atom stereocenters.